The number of rotatable bonds is 8. The molecule has 0 amide bonds. The zero-order valence-corrected chi connectivity index (χ0v) is 13.9. The van der Waals surface area contributed by atoms with Gasteiger partial charge in [-0.05, 0) is 33.3 Å². The monoisotopic (exact) mass is 314 g/mol. The standard InChI is InChI=1S/C15H23O5P/c1-5-18-15(16)14(13-10-8-12(4)9-11-13)21(17,19-6-2)20-7-3/h8-11,14H,5-7H2,1-4H3/t14-/m0/s1. The summed E-state index contributed by atoms with van der Waals surface area (Å²) in [7, 11) is -3.63. The molecule has 0 unspecified atom stereocenters. The predicted molar refractivity (Wildman–Crippen MR) is 81.4 cm³/mol. The van der Waals surface area contributed by atoms with Crippen molar-refractivity contribution in [2.45, 2.75) is 33.4 Å². The van der Waals surface area contributed by atoms with E-state index in [1.54, 1.807) is 32.9 Å². The molecule has 0 aliphatic carbocycles. The molecule has 1 rings (SSSR count). The predicted octanol–water partition coefficient (Wildman–Crippen LogP) is 3.87. The highest BCUT2D eigenvalue weighted by Gasteiger charge is 2.43. The molecule has 0 aromatic heterocycles. The molecule has 0 fully saturated rings. The third-order valence-corrected chi connectivity index (χ3v) is 5.21. The van der Waals surface area contributed by atoms with Crippen molar-refractivity contribution in [3.8, 4) is 0 Å². The molecule has 0 aliphatic heterocycles. The van der Waals surface area contributed by atoms with Crippen LogP contribution in [-0.4, -0.2) is 25.8 Å². The van der Waals surface area contributed by atoms with Gasteiger partial charge in [0.05, 0.1) is 19.8 Å². The second-order valence-corrected chi connectivity index (χ2v) is 6.55. The lowest BCUT2D eigenvalue weighted by Crippen LogP contribution is -2.19. The molecule has 5 nitrogen and oxygen atoms in total. The highest BCUT2D eigenvalue weighted by molar-refractivity contribution is 7.55. The van der Waals surface area contributed by atoms with Gasteiger partial charge in [0.25, 0.3) is 0 Å². The van der Waals surface area contributed by atoms with E-state index in [1.165, 1.54) is 0 Å². The number of ether oxygens (including phenoxy) is 1. The van der Waals surface area contributed by atoms with Gasteiger partial charge in [-0.3, -0.25) is 9.36 Å². The Bertz CT molecular complexity index is 487. The molecule has 1 atom stereocenters. The molecule has 0 aliphatic rings. The summed E-state index contributed by atoms with van der Waals surface area (Å²) in [6, 6.07) is 7.21. The Balaban J connectivity index is 3.25. The van der Waals surface area contributed by atoms with Crippen molar-refractivity contribution in [1.29, 1.82) is 0 Å². The van der Waals surface area contributed by atoms with E-state index in [2.05, 4.69) is 0 Å². The number of aryl methyl sites for hydroxylation is 1. The summed E-state index contributed by atoms with van der Waals surface area (Å²) in [4.78, 5) is 12.3. The largest absolute Gasteiger partial charge is 0.465 e. The van der Waals surface area contributed by atoms with Crippen LogP contribution in [0.25, 0.3) is 0 Å². The molecule has 118 valence electrons. The van der Waals surface area contributed by atoms with Crippen LogP contribution in [0.1, 0.15) is 37.6 Å². The van der Waals surface area contributed by atoms with Crippen molar-refractivity contribution in [2.24, 2.45) is 0 Å². The molecule has 1 aromatic rings. The summed E-state index contributed by atoms with van der Waals surface area (Å²) < 4.78 is 28.7. The third-order valence-electron chi connectivity index (χ3n) is 2.84. The van der Waals surface area contributed by atoms with Gasteiger partial charge in [-0.25, -0.2) is 0 Å². The highest BCUT2D eigenvalue weighted by Crippen LogP contribution is 2.61. The SMILES string of the molecule is CCOC(=O)[C@H](c1ccc(C)cc1)P(=O)(OCC)OCC. The number of carbonyl (C=O) groups excluding carboxylic acids is 1. The lowest BCUT2D eigenvalue weighted by molar-refractivity contribution is -0.143. The van der Waals surface area contributed by atoms with Crippen molar-refractivity contribution in [3.63, 3.8) is 0 Å². The van der Waals surface area contributed by atoms with E-state index in [9.17, 15) is 9.36 Å². The van der Waals surface area contributed by atoms with E-state index in [0.29, 0.717) is 5.56 Å². The number of esters is 1. The van der Waals surface area contributed by atoms with Crippen LogP contribution < -0.4 is 0 Å². The first kappa shape index (κ1) is 17.9. The summed E-state index contributed by atoms with van der Waals surface area (Å²) in [6.07, 6.45) is 0. The second kappa shape index (κ2) is 8.32. The molecule has 0 radical (unpaired) electrons. The van der Waals surface area contributed by atoms with Crippen molar-refractivity contribution < 1.29 is 23.1 Å². The van der Waals surface area contributed by atoms with Gasteiger partial charge in [0.1, 0.15) is 0 Å². The summed E-state index contributed by atoms with van der Waals surface area (Å²) in [5.41, 5.74) is 0.561. The Kier molecular flexibility index (Phi) is 7.09. The van der Waals surface area contributed by atoms with E-state index < -0.39 is 19.2 Å². The minimum atomic E-state index is -3.63. The van der Waals surface area contributed by atoms with Gasteiger partial charge in [-0.1, -0.05) is 29.8 Å². The molecule has 6 heteroatoms. The summed E-state index contributed by atoms with van der Waals surface area (Å²) >= 11 is 0. The molecule has 1 aromatic carbocycles. The maximum atomic E-state index is 13.0. The van der Waals surface area contributed by atoms with Crippen LogP contribution in [-0.2, 0) is 23.1 Å². The van der Waals surface area contributed by atoms with Gasteiger partial charge in [-0.15, -0.1) is 0 Å². The van der Waals surface area contributed by atoms with E-state index in [0.717, 1.165) is 5.56 Å². The highest BCUT2D eigenvalue weighted by atomic mass is 31.2. The minimum Gasteiger partial charge on any atom is -0.465 e. The van der Waals surface area contributed by atoms with E-state index in [1.807, 2.05) is 19.1 Å². The normalized spacial score (nSPS) is 13.0. The molecular formula is C15H23O5P. The Labute approximate surface area is 126 Å². The average Bonchev–Trinajstić information content (AvgIpc) is 2.42. The topological polar surface area (TPSA) is 61.8 Å². The first-order chi connectivity index (χ1) is 9.98. The minimum absolute atomic E-state index is 0.193. The quantitative estimate of drug-likeness (QED) is 0.538. The van der Waals surface area contributed by atoms with Gasteiger partial charge in [0.2, 0.25) is 0 Å². The van der Waals surface area contributed by atoms with Gasteiger partial charge < -0.3 is 13.8 Å². The average molecular weight is 314 g/mol. The maximum absolute atomic E-state index is 13.0. The summed E-state index contributed by atoms with van der Waals surface area (Å²) in [5.74, 6) is -0.591. The summed E-state index contributed by atoms with van der Waals surface area (Å²) in [6.45, 7) is 7.66. The fraction of sp³-hybridized carbons (Fsp3) is 0.533. The van der Waals surface area contributed by atoms with E-state index in [4.69, 9.17) is 13.8 Å². The van der Waals surface area contributed by atoms with Crippen LogP contribution in [0.4, 0.5) is 0 Å². The first-order valence-electron chi connectivity index (χ1n) is 7.10. The van der Waals surface area contributed by atoms with Crippen LogP contribution >= 0.6 is 7.60 Å². The smallest absolute Gasteiger partial charge is 0.349 e. The van der Waals surface area contributed by atoms with Crippen molar-refractivity contribution in [1.82, 2.24) is 0 Å². The molecule has 0 bridgehead atoms. The fourth-order valence-corrected chi connectivity index (χ4v) is 3.93. The van der Waals surface area contributed by atoms with Crippen molar-refractivity contribution in [3.05, 3.63) is 35.4 Å². The van der Waals surface area contributed by atoms with Crippen molar-refractivity contribution >= 4 is 13.6 Å². The molecular weight excluding hydrogens is 291 g/mol. The summed E-state index contributed by atoms with van der Waals surface area (Å²) in [5, 5.41) is 0. The van der Waals surface area contributed by atoms with Crippen LogP contribution in [0.15, 0.2) is 24.3 Å². The van der Waals surface area contributed by atoms with Crippen LogP contribution in [0.2, 0.25) is 0 Å². The maximum Gasteiger partial charge on any atom is 0.349 e. The van der Waals surface area contributed by atoms with E-state index >= 15 is 0 Å². The number of benzene rings is 1. The van der Waals surface area contributed by atoms with Crippen LogP contribution in [0.5, 0.6) is 0 Å². The van der Waals surface area contributed by atoms with Crippen LogP contribution in [0.3, 0.4) is 0 Å². The Hall–Kier alpha value is -1.16. The van der Waals surface area contributed by atoms with Crippen LogP contribution in [0, 0.1) is 6.92 Å². The molecule has 0 saturated carbocycles. The fourth-order valence-electron chi connectivity index (χ4n) is 1.96. The van der Waals surface area contributed by atoms with Gasteiger partial charge in [0, 0.05) is 0 Å². The zero-order chi connectivity index (χ0) is 15.9. The lowest BCUT2D eigenvalue weighted by Gasteiger charge is -2.25. The third kappa shape index (κ3) is 4.67. The Morgan fingerprint density at radius 1 is 1.05 bits per heavy atom. The molecule has 0 heterocycles. The van der Waals surface area contributed by atoms with Gasteiger partial charge in [0.15, 0.2) is 5.66 Å². The number of hydrogen-bond acceptors (Lipinski definition) is 5. The first-order valence-corrected chi connectivity index (χ1v) is 8.71. The second-order valence-electron chi connectivity index (χ2n) is 4.44. The molecule has 21 heavy (non-hydrogen) atoms. The number of carbonyl (C=O) groups is 1. The number of hydrogen-bond donors (Lipinski definition) is 0. The zero-order valence-electron chi connectivity index (χ0n) is 13.0. The lowest BCUT2D eigenvalue weighted by atomic mass is 10.1. The van der Waals surface area contributed by atoms with Gasteiger partial charge in [-0.2, -0.15) is 0 Å². The van der Waals surface area contributed by atoms with E-state index in [-0.39, 0.29) is 19.8 Å². The van der Waals surface area contributed by atoms with Crippen molar-refractivity contribution in [2.75, 3.05) is 19.8 Å². The molecule has 0 spiro atoms. The molecule has 0 N–H and O–H groups in total. The van der Waals surface area contributed by atoms with Gasteiger partial charge >= 0.3 is 13.6 Å². The molecule has 0 saturated heterocycles. The Morgan fingerprint density at radius 2 is 1.57 bits per heavy atom. The Morgan fingerprint density at radius 3 is 2.00 bits per heavy atom.